The van der Waals surface area contributed by atoms with Crippen LogP contribution in [0.5, 0.6) is 0 Å². The molecule has 0 nitrogen and oxygen atoms in total. The number of hydrogen-bond acceptors (Lipinski definition) is 2. The molecule has 0 saturated heterocycles. The van der Waals surface area contributed by atoms with Gasteiger partial charge in [-0.1, -0.05) is 97.1 Å². The molecule has 10 rings (SSSR count). The van der Waals surface area contributed by atoms with Crippen LogP contribution in [0.1, 0.15) is 0 Å². The second-order valence-corrected chi connectivity index (χ2v) is 13.9. The van der Waals surface area contributed by atoms with Crippen molar-refractivity contribution >= 4 is 95.3 Å². The van der Waals surface area contributed by atoms with Gasteiger partial charge < -0.3 is 0 Å². The van der Waals surface area contributed by atoms with Crippen LogP contribution in [0.2, 0.25) is 0 Å². The molecular weight excluding hydrogens is 569 g/mol. The van der Waals surface area contributed by atoms with Crippen LogP contribution in [0.15, 0.2) is 146 Å². The van der Waals surface area contributed by atoms with Crippen molar-refractivity contribution in [2.45, 2.75) is 0 Å². The first-order chi connectivity index (χ1) is 21.7. The molecule has 204 valence electrons. The predicted octanol–water partition coefficient (Wildman–Crippen LogP) is 13.2. The highest BCUT2D eigenvalue weighted by molar-refractivity contribution is 7.36. The average Bonchev–Trinajstić information content (AvgIpc) is 3.60. The first kappa shape index (κ1) is 24.4. The SMILES string of the molecule is c1ccc2cc(-c3ccc4ccc(-c5ccc6cc7c(cc6c5)sc5c6cc8ccccc8cc6sc75)cc4c3)ccc2c1. The first-order valence-corrected chi connectivity index (χ1v) is 16.6. The van der Waals surface area contributed by atoms with Crippen LogP contribution in [0.3, 0.4) is 0 Å². The van der Waals surface area contributed by atoms with Crippen molar-refractivity contribution in [2.24, 2.45) is 0 Å². The summed E-state index contributed by atoms with van der Waals surface area (Å²) in [5, 5.41) is 13.1. The lowest BCUT2D eigenvalue weighted by Gasteiger charge is -2.09. The Morgan fingerprint density at radius 2 is 0.614 bits per heavy atom. The molecule has 0 aliphatic heterocycles. The van der Waals surface area contributed by atoms with E-state index in [2.05, 4.69) is 146 Å². The minimum absolute atomic E-state index is 1.25. The van der Waals surface area contributed by atoms with Gasteiger partial charge in [0.15, 0.2) is 0 Å². The summed E-state index contributed by atoms with van der Waals surface area (Å²) in [6.07, 6.45) is 0. The minimum Gasteiger partial charge on any atom is -0.134 e. The Hall–Kier alpha value is -5.02. The van der Waals surface area contributed by atoms with Crippen LogP contribution >= 0.6 is 22.7 Å². The summed E-state index contributed by atoms with van der Waals surface area (Å²) in [5.74, 6) is 0. The molecule has 0 spiro atoms. The van der Waals surface area contributed by atoms with Crippen LogP contribution < -0.4 is 0 Å². The molecule has 0 bridgehead atoms. The lowest BCUT2D eigenvalue weighted by atomic mass is 9.95. The number of thiophene rings is 2. The van der Waals surface area contributed by atoms with Gasteiger partial charge in [0.2, 0.25) is 0 Å². The maximum Gasteiger partial charge on any atom is 0.0542 e. The van der Waals surface area contributed by atoms with Gasteiger partial charge in [0.1, 0.15) is 0 Å². The van der Waals surface area contributed by atoms with Crippen molar-refractivity contribution in [3.05, 3.63) is 146 Å². The summed E-state index contributed by atoms with van der Waals surface area (Å²) in [4.78, 5) is 0. The highest BCUT2D eigenvalue weighted by Gasteiger charge is 2.14. The molecule has 0 atom stereocenters. The summed E-state index contributed by atoms with van der Waals surface area (Å²) >= 11 is 3.87. The molecule has 2 heterocycles. The molecule has 8 aromatic carbocycles. The third-order valence-electron chi connectivity index (χ3n) is 9.16. The first-order valence-electron chi connectivity index (χ1n) is 15.0. The molecule has 0 radical (unpaired) electrons. The highest BCUT2D eigenvalue weighted by atomic mass is 32.1. The second-order valence-electron chi connectivity index (χ2n) is 11.8. The molecule has 0 N–H and O–H groups in total. The van der Waals surface area contributed by atoms with Crippen molar-refractivity contribution in [3.8, 4) is 22.3 Å². The van der Waals surface area contributed by atoms with E-state index in [0.29, 0.717) is 0 Å². The molecule has 10 aromatic rings. The van der Waals surface area contributed by atoms with E-state index < -0.39 is 0 Å². The van der Waals surface area contributed by atoms with Crippen LogP contribution in [0, 0.1) is 0 Å². The maximum absolute atomic E-state index is 2.40. The fourth-order valence-electron chi connectivity index (χ4n) is 6.84. The number of fused-ring (bicyclic) bond motifs is 9. The standard InChI is InChI=1S/C42H24S2/c1-2-6-27-17-30(12-9-25(27)5-1)31-13-10-26-11-14-32(19-35(26)18-31)33-15-16-34-22-38-40(24-36(34)20-33)44-41-37-21-28-7-3-4-8-29(28)23-39(37)43-42(38)41/h1-24H. The third kappa shape index (κ3) is 3.75. The fourth-order valence-corrected chi connectivity index (χ4v) is 9.54. The van der Waals surface area contributed by atoms with Gasteiger partial charge >= 0.3 is 0 Å². The van der Waals surface area contributed by atoms with E-state index in [1.54, 1.807) is 0 Å². The Morgan fingerprint density at radius 1 is 0.273 bits per heavy atom. The number of benzene rings is 8. The minimum atomic E-state index is 1.25. The molecule has 0 fully saturated rings. The third-order valence-corrected chi connectivity index (χ3v) is 11.7. The monoisotopic (exact) mass is 592 g/mol. The topological polar surface area (TPSA) is 0 Å². The Morgan fingerprint density at radius 3 is 1.16 bits per heavy atom. The number of hydrogen-bond donors (Lipinski definition) is 0. The largest absolute Gasteiger partial charge is 0.134 e. The van der Waals surface area contributed by atoms with Crippen molar-refractivity contribution in [3.63, 3.8) is 0 Å². The molecule has 2 heteroatoms. The normalized spacial score (nSPS) is 12.1. The maximum atomic E-state index is 2.40. The molecule has 44 heavy (non-hydrogen) atoms. The predicted molar refractivity (Wildman–Crippen MR) is 196 cm³/mol. The van der Waals surface area contributed by atoms with Crippen LogP contribution in [-0.4, -0.2) is 0 Å². The van der Waals surface area contributed by atoms with Crippen LogP contribution in [-0.2, 0) is 0 Å². The van der Waals surface area contributed by atoms with Crippen LogP contribution in [0.25, 0.3) is 94.9 Å². The van der Waals surface area contributed by atoms with Crippen molar-refractivity contribution in [1.29, 1.82) is 0 Å². The molecule has 2 aromatic heterocycles. The van der Waals surface area contributed by atoms with Gasteiger partial charge in [0.05, 0.1) is 9.40 Å². The van der Waals surface area contributed by atoms with Crippen molar-refractivity contribution in [2.75, 3.05) is 0 Å². The quantitative estimate of drug-likeness (QED) is 0.187. The van der Waals surface area contributed by atoms with Crippen molar-refractivity contribution in [1.82, 2.24) is 0 Å². The summed E-state index contributed by atoms with van der Waals surface area (Å²) in [5.41, 5.74) is 5.01. The van der Waals surface area contributed by atoms with Gasteiger partial charge in [-0.15, -0.1) is 22.7 Å². The summed E-state index contributed by atoms with van der Waals surface area (Å²) in [6.45, 7) is 0. The van der Waals surface area contributed by atoms with Gasteiger partial charge in [-0.2, -0.15) is 0 Å². The number of rotatable bonds is 2. The Bertz CT molecular complexity index is 2780. The fraction of sp³-hybridized carbons (Fsp3) is 0. The second kappa shape index (κ2) is 9.24. The summed E-state index contributed by atoms with van der Waals surface area (Å²) in [6, 6.07) is 54.2. The molecule has 0 aliphatic rings. The van der Waals surface area contributed by atoms with Gasteiger partial charge in [-0.3, -0.25) is 0 Å². The molecule has 0 aliphatic carbocycles. The Kier molecular flexibility index (Phi) is 5.13. The Balaban J connectivity index is 1.07. The zero-order valence-corrected chi connectivity index (χ0v) is 25.3. The van der Waals surface area contributed by atoms with E-state index in [4.69, 9.17) is 0 Å². The molecule has 0 amide bonds. The zero-order chi connectivity index (χ0) is 28.8. The van der Waals surface area contributed by atoms with E-state index in [1.807, 2.05) is 22.7 Å². The van der Waals surface area contributed by atoms with Gasteiger partial charge in [0.25, 0.3) is 0 Å². The van der Waals surface area contributed by atoms with Gasteiger partial charge in [-0.05, 0) is 114 Å². The summed E-state index contributed by atoms with van der Waals surface area (Å²) < 4.78 is 5.57. The van der Waals surface area contributed by atoms with Crippen LogP contribution in [0.4, 0.5) is 0 Å². The van der Waals surface area contributed by atoms with E-state index in [1.165, 1.54) is 94.9 Å². The van der Waals surface area contributed by atoms with Gasteiger partial charge in [-0.25, -0.2) is 0 Å². The highest BCUT2D eigenvalue weighted by Crippen LogP contribution is 2.46. The lowest BCUT2D eigenvalue weighted by Crippen LogP contribution is -1.83. The van der Waals surface area contributed by atoms with E-state index in [-0.39, 0.29) is 0 Å². The van der Waals surface area contributed by atoms with Gasteiger partial charge in [0, 0.05) is 20.2 Å². The molecular formula is C42H24S2. The Labute approximate surface area is 262 Å². The zero-order valence-electron chi connectivity index (χ0n) is 23.7. The van der Waals surface area contributed by atoms with E-state index in [9.17, 15) is 0 Å². The van der Waals surface area contributed by atoms with E-state index in [0.717, 1.165) is 0 Å². The summed E-state index contributed by atoms with van der Waals surface area (Å²) in [7, 11) is 0. The average molecular weight is 593 g/mol. The van der Waals surface area contributed by atoms with E-state index >= 15 is 0 Å². The molecule has 0 saturated carbocycles. The lowest BCUT2D eigenvalue weighted by molar-refractivity contribution is 1.66. The van der Waals surface area contributed by atoms with Crippen molar-refractivity contribution < 1.29 is 0 Å². The molecule has 0 unspecified atom stereocenters. The smallest absolute Gasteiger partial charge is 0.0542 e.